The Balaban J connectivity index is 1.65. The number of rotatable bonds is 7. The minimum absolute atomic E-state index is 0.183. The van der Waals surface area contributed by atoms with Crippen LogP contribution >= 0.6 is 0 Å². The smallest absolute Gasteiger partial charge is 0.161 e. The van der Waals surface area contributed by atoms with Crippen LogP contribution in [0.5, 0.6) is 11.5 Å². The highest BCUT2D eigenvalue weighted by Gasteiger charge is 2.20. The molecule has 1 fully saturated rings. The molecule has 1 aliphatic rings. The summed E-state index contributed by atoms with van der Waals surface area (Å²) >= 11 is 0. The van der Waals surface area contributed by atoms with E-state index < -0.39 is 0 Å². The number of methoxy groups -OCH3 is 1. The number of hydrogen-bond donors (Lipinski definition) is 1. The molecule has 2 aromatic carbocycles. The first kappa shape index (κ1) is 14.9. The van der Waals surface area contributed by atoms with Crippen LogP contribution in [0.25, 0.3) is 0 Å². The van der Waals surface area contributed by atoms with E-state index in [9.17, 15) is 4.39 Å². The van der Waals surface area contributed by atoms with Crippen molar-refractivity contribution >= 4 is 0 Å². The average molecular weight is 301 g/mol. The monoisotopic (exact) mass is 301 g/mol. The Hall–Kier alpha value is -2.07. The van der Waals surface area contributed by atoms with Gasteiger partial charge in [-0.2, -0.15) is 0 Å². The molecule has 4 heteroatoms. The quantitative estimate of drug-likeness (QED) is 0.846. The fraction of sp³-hybridized carbons (Fsp3) is 0.333. The van der Waals surface area contributed by atoms with E-state index >= 15 is 0 Å². The van der Waals surface area contributed by atoms with Crippen molar-refractivity contribution in [2.45, 2.75) is 32.0 Å². The van der Waals surface area contributed by atoms with Crippen LogP contribution in [0.2, 0.25) is 0 Å². The first-order valence-electron chi connectivity index (χ1n) is 7.53. The van der Waals surface area contributed by atoms with Gasteiger partial charge in [-0.15, -0.1) is 0 Å². The molecule has 22 heavy (non-hydrogen) atoms. The third-order valence-corrected chi connectivity index (χ3v) is 3.74. The van der Waals surface area contributed by atoms with Crippen molar-refractivity contribution < 1.29 is 13.9 Å². The average Bonchev–Trinajstić information content (AvgIpc) is 3.37. The molecule has 0 bridgehead atoms. The molecular weight excluding hydrogens is 281 g/mol. The molecule has 0 radical (unpaired) electrons. The zero-order valence-corrected chi connectivity index (χ0v) is 12.6. The molecule has 1 saturated carbocycles. The van der Waals surface area contributed by atoms with Crippen molar-refractivity contribution in [1.82, 2.24) is 5.32 Å². The molecule has 0 spiro atoms. The minimum Gasteiger partial charge on any atom is -0.493 e. The Morgan fingerprint density at radius 3 is 2.68 bits per heavy atom. The first-order valence-corrected chi connectivity index (χ1v) is 7.53. The van der Waals surface area contributed by atoms with E-state index in [0.29, 0.717) is 23.1 Å². The molecule has 2 aromatic rings. The lowest BCUT2D eigenvalue weighted by Crippen LogP contribution is -2.15. The van der Waals surface area contributed by atoms with Crippen molar-refractivity contribution in [1.29, 1.82) is 0 Å². The van der Waals surface area contributed by atoms with Crippen molar-refractivity contribution in [3.63, 3.8) is 0 Å². The highest BCUT2D eigenvalue weighted by Crippen LogP contribution is 2.29. The van der Waals surface area contributed by atoms with Crippen molar-refractivity contribution in [3.8, 4) is 11.5 Å². The van der Waals surface area contributed by atoms with Gasteiger partial charge in [-0.1, -0.05) is 24.3 Å². The van der Waals surface area contributed by atoms with Gasteiger partial charge in [-0.25, -0.2) is 4.39 Å². The third kappa shape index (κ3) is 3.77. The molecule has 0 heterocycles. The van der Waals surface area contributed by atoms with E-state index in [4.69, 9.17) is 9.47 Å². The molecule has 0 amide bonds. The van der Waals surface area contributed by atoms with Crippen LogP contribution < -0.4 is 14.8 Å². The standard InChI is InChI=1S/C18H20FNO2/c1-21-18-10-13(11-20-15-7-8-15)6-9-17(18)22-12-14-4-2-3-5-16(14)19/h2-6,9-10,15,20H,7-8,11-12H2,1H3. The molecule has 1 N–H and O–H groups in total. The molecule has 3 nitrogen and oxygen atoms in total. The Kier molecular flexibility index (Phi) is 4.59. The molecule has 0 atom stereocenters. The van der Waals surface area contributed by atoms with Crippen LogP contribution in [0.3, 0.4) is 0 Å². The number of nitrogens with one attached hydrogen (secondary N) is 1. The Morgan fingerprint density at radius 1 is 1.14 bits per heavy atom. The van der Waals surface area contributed by atoms with Crippen LogP contribution in [0.1, 0.15) is 24.0 Å². The van der Waals surface area contributed by atoms with Crippen LogP contribution in [-0.2, 0) is 13.2 Å². The second-order valence-corrected chi connectivity index (χ2v) is 5.52. The van der Waals surface area contributed by atoms with Crippen LogP contribution in [0, 0.1) is 5.82 Å². The molecule has 116 valence electrons. The predicted molar refractivity (Wildman–Crippen MR) is 83.6 cm³/mol. The number of halogens is 1. The molecule has 1 aliphatic carbocycles. The van der Waals surface area contributed by atoms with E-state index in [1.807, 2.05) is 18.2 Å². The van der Waals surface area contributed by atoms with E-state index in [0.717, 1.165) is 12.1 Å². The number of ether oxygens (including phenoxy) is 2. The zero-order chi connectivity index (χ0) is 15.4. The molecule has 3 rings (SSSR count). The molecular formula is C18H20FNO2. The number of hydrogen-bond acceptors (Lipinski definition) is 3. The van der Waals surface area contributed by atoms with Gasteiger partial charge in [0.05, 0.1) is 7.11 Å². The summed E-state index contributed by atoms with van der Waals surface area (Å²) in [5.74, 6) is 1.04. The van der Waals surface area contributed by atoms with Crippen molar-refractivity contribution in [2.24, 2.45) is 0 Å². The van der Waals surface area contributed by atoms with Gasteiger partial charge in [0.1, 0.15) is 12.4 Å². The van der Waals surface area contributed by atoms with Crippen LogP contribution in [0.15, 0.2) is 42.5 Å². The fourth-order valence-electron chi connectivity index (χ4n) is 2.26. The molecule has 0 aromatic heterocycles. The summed E-state index contributed by atoms with van der Waals surface area (Å²) in [4.78, 5) is 0. The highest BCUT2D eigenvalue weighted by molar-refractivity contribution is 5.43. The van der Waals surface area contributed by atoms with Gasteiger partial charge in [0, 0.05) is 18.2 Å². The van der Waals surface area contributed by atoms with Crippen molar-refractivity contribution in [3.05, 3.63) is 59.4 Å². The van der Waals surface area contributed by atoms with Crippen LogP contribution in [-0.4, -0.2) is 13.2 Å². The van der Waals surface area contributed by atoms with Gasteiger partial charge < -0.3 is 14.8 Å². The summed E-state index contributed by atoms with van der Waals surface area (Å²) < 4.78 is 24.7. The lowest BCUT2D eigenvalue weighted by Gasteiger charge is -2.13. The van der Waals surface area contributed by atoms with Gasteiger partial charge in [0.25, 0.3) is 0 Å². The summed E-state index contributed by atoms with van der Waals surface area (Å²) in [5, 5.41) is 3.46. The van der Waals surface area contributed by atoms with Gasteiger partial charge in [0.2, 0.25) is 0 Å². The summed E-state index contributed by atoms with van der Waals surface area (Å²) in [5.41, 5.74) is 1.69. The maximum Gasteiger partial charge on any atom is 0.161 e. The zero-order valence-electron chi connectivity index (χ0n) is 12.6. The van der Waals surface area contributed by atoms with E-state index in [1.54, 1.807) is 25.3 Å². The third-order valence-electron chi connectivity index (χ3n) is 3.74. The Bertz CT molecular complexity index is 641. The van der Waals surface area contributed by atoms with Gasteiger partial charge in [0.15, 0.2) is 11.5 Å². The second-order valence-electron chi connectivity index (χ2n) is 5.52. The second kappa shape index (κ2) is 6.79. The van der Waals surface area contributed by atoms with E-state index in [1.165, 1.54) is 18.9 Å². The SMILES string of the molecule is COc1cc(CNC2CC2)ccc1OCc1ccccc1F. The minimum atomic E-state index is -0.258. The lowest BCUT2D eigenvalue weighted by molar-refractivity contribution is 0.279. The summed E-state index contributed by atoms with van der Waals surface area (Å²) in [6.45, 7) is 1.01. The van der Waals surface area contributed by atoms with E-state index in [2.05, 4.69) is 5.32 Å². The predicted octanol–water partition coefficient (Wildman–Crippen LogP) is 3.67. The lowest BCUT2D eigenvalue weighted by atomic mass is 10.2. The maximum absolute atomic E-state index is 13.6. The van der Waals surface area contributed by atoms with Gasteiger partial charge >= 0.3 is 0 Å². The molecule has 0 aliphatic heterocycles. The fourth-order valence-corrected chi connectivity index (χ4v) is 2.26. The van der Waals surface area contributed by atoms with E-state index in [-0.39, 0.29) is 12.4 Å². The Labute approximate surface area is 130 Å². The van der Waals surface area contributed by atoms with Gasteiger partial charge in [-0.05, 0) is 36.6 Å². The highest BCUT2D eigenvalue weighted by atomic mass is 19.1. The summed E-state index contributed by atoms with van der Waals surface area (Å²) in [6, 6.07) is 13.1. The maximum atomic E-state index is 13.6. The number of benzene rings is 2. The first-order chi connectivity index (χ1) is 10.8. The van der Waals surface area contributed by atoms with Crippen LogP contribution in [0.4, 0.5) is 4.39 Å². The summed E-state index contributed by atoms with van der Waals surface area (Å²) in [7, 11) is 1.61. The molecule has 0 saturated heterocycles. The molecule has 0 unspecified atom stereocenters. The van der Waals surface area contributed by atoms with Gasteiger partial charge in [-0.3, -0.25) is 0 Å². The summed E-state index contributed by atoms with van der Waals surface area (Å²) in [6.07, 6.45) is 2.53. The largest absolute Gasteiger partial charge is 0.493 e. The van der Waals surface area contributed by atoms with Crippen molar-refractivity contribution in [2.75, 3.05) is 7.11 Å². The Morgan fingerprint density at radius 2 is 1.95 bits per heavy atom. The normalized spacial score (nSPS) is 13.9. The topological polar surface area (TPSA) is 30.5 Å².